The molecule has 0 unspecified atom stereocenters. The zero-order chi connectivity index (χ0) is 62.9. The van der Waals surface area contributed by atoms with Gasteiger partial charge in [-0.05, 0) is 32.0 Å². The highest BCUT2D eigenvalue weighted by Crippen LogP contribution is 2.42. The van der Waals surface area contributed by atoms with E-state index >= 15 is 4.79 Å². The highest BCUT2D eigenvalue weighted by Gasteiger charge is 2.58. The third-order valence-electron chi connectivity index (χ3n) is 12.5. The molecule has 0 radical (unpaired) electrons. The van der Waals surface area contributed by atoms with Crippen LogP contribution in [0.3, 0.4) is 0 Å². The molecule has 30 heteroatoms. The van der Waals surface area contributed by atoms with Crippen LogP contribution in [0.1, 0.15) is 83.1 Å². The summed E-state index contributed by atoms with van der Waals surface area (Å²) >= 11 is 0. The largest absolute Gasteiger partial charge is 0.496 e. The van der Waals surface area contributed by atoms with E-state index in [9.17, 15) is 47.9 Å². The molecule has 0 bridgehead atoms. The number of esters is 10. The summed E-state index contributed by atoms with van der Waals surface area (Å²) in [4.78, 5) is 142. The average Bonchev–Trinajstić information content (AvgIpc) is 1.14. The fourth-order valence-corrected chi connectivity index (χ4v) is 9.50. The normalized spacial score (nSPS) is 27.1. The molecule has 464 valence electrons. The zero-order valence-electron chi connectivity index (χ0n) is 48.5. The van der Waals surface area contributed by atoms with Crippen molar-refractivity contribution in [2.75, 3.05) is 20.8 Å². The summed E-state index contributed by atoms with van der Waals surface area (Å²) in [5.74, 6) is -10.8. The Morgan fingerprint density at radius 3 is 1.41 bits per heavy atom. The molecule has 0 aliphatic carbocycles. The Morgan fingerprint density at radius 2 is 0.894 bits per heavy atom. The highest BCUT2D eigenvalue weighted by atomic mass is 16.8. The quantitative estimate of drug-likeness (QED) is 0.0891. The van der Waals surface area contributed by atoms with Crippen LogP contribution in [-0.2, 0) is 110 Å². The second-order valence-electron chi connectivity index (χ2n) is 19.2. The van der Waals surface area contributed by atoms with Crippen molar-refractivity contribution in [3.05, 3.63) is 40.6 Å². The van der Waals surface area contributed by atoms with E-state index in [0.717, 1.165) is 69.2 Å². The fourth-order valence-electron chi connectivity index (χ4n) is 9.50. The molecule has 3 aliphatic rings. The number of hydrogen-bond donors (Lipinski definition) is 0. The number of rotatable bonds is 20. The Kier molecular flexibility index (Phi) is 22.0. The Morgan fingerprint density at radius 1 is 0.447 bits per heavy atom. The van der Waals surface area contributed by atoms with E-state index in [-0.39, 0.29) is 34.1 Å². The molecular formula is C55H64O30. The van der Waals surface area contributed by atoms with Gasteiger partial charge in [-0.3, -0.25) is 52.7 Å². The first-order valence-corrected chi connectivity index (χ1v) is 26.0. The van der Waals surface area contributed by atoms with Crippen molar-refractivity contribution in [2.45, 2.75) is 175 Å². The van der Waals surface area contributed by atoms with Gasteiger partial charge in [-0.25, -0.2) is 0 Å². The number of fused-ring (bicyclic) bond motifs is 1. The maximum atomic E-state index is 15.2. The van der Waals surface area contributed by atoms with Crippen LogP contribution < -0.4 is 29.1 Å². The predicted molar refractivity (Wildman–Crippen MR) is 277 cm³/mol. The van der Waals surface area contributed by atoms with E-state index in [0.29, 0.717) is 0 Å². The number of ether oxygens (including phenoxy) is 18. The topological polar surface area (TPSA) is 367 Å². The number of hydrogen-bond acceptors (Lipinski definition) is 30. The minimum atomic E-state index is -2.12. The predicted octanol–water partition coefficient (Wildman–Crippen LogP) is 2.78. The SMILES string of the molecule is COc1cc(OC(C)=O)c2c(=O)c(O[C@@H]3O[C@H](CO[C@@H]4O[C@@H](C)[C@H](O[C@@H]5O[C@@H](C)[C@H](OC(C)=O)[C@@H](OC(C)=O)[C@H]5OC(C)=O)[C@@H](OC(C)=O)[C@H]4OC(C)=O)[C@H](OC(C)=O)[C@H](OC(C)=O)[C@H]3OC(C)=O)c(-c3ccc(OC(C)=O)c(OC)c3)oc2c1. The summed E-state index contributed by atoms with van der Waals surface area (Å²) in [6, 6.07) is 6.44. The molecule has 0 N–H and O–H groups in total. The Labute approximate surface area is 483 Å². The van der Waals surface area contributed by atoms with Gasteiger partial charge < -0.3 is 89.7 Å². The lowest BCUT2D eigenvalue weighted by atomic mass is 9.96. The number of carbonyl (C=O) groups excluding carboxylic acids is 10. The summed E-state index contributed by atoms with van der Waals surface area (Å²) in [5, 5.41) is -0.404. The van der Waals surface area contributed by atoms with Crippen LogP contribution in [0.15, 0.2) is 39.5 Å². The molecule has 3 aliphatic heterocycles. The molecule has 85 heavy (non-hydrogen) atoms. The monoisotopic (exact) mass is 1200 g/mol. The van der Waals surface area contributed by atoms with Gasteiger partial charge in [0.25, 0.3) is 0 Å². The molecule has 1 aromatic heterocycles. The van der Waals surface area contributed by atoms with Gasteiger partial charge in [-0.2, -0.15) is 0 Å². The molecule has 30 nitrogen and oxygen atoms in total. The zero-order valence-corrected chi connectivity index (χ0v) is 48.5. The van der Waals surface area contributed by atoms with Crippen LogP contribution in [0.2, 0.25) is 0 Å². The van der Waals surface area contributed by atoms with E-state index in [4.69, 9.17) is 89.7 Å². The smallest absolute Gasteiger partial charge is 0.308 e. The van der Waals surface area contributed by atoms with Crippen molar-refractivity contribution in [1.29, 1.82) is 0 Å². The third kappa shape index (κ3) is 16.5. The van der Waals surface area contributed by atoms with Crippen LogP contribution in [0.5, 0.6) is 28.7 Å². The molecule has 3 fully saturated rings. The van der Waals surface area contributed by atoms with Crippen LogP contribution >= 0.6 is 0 Å². The number of benzene rings is 2. The van der Waals surface area contributed by atoms with Gasteiger partial charge >= 0.3 is 59.7 Å². The first-order valence-electron chi connectivity index (χ1n) is 26.0. The van der Waals surface area contributed by atoms with Crippen molar-refractivity contribution in [3.63, 3.8) is 0 Å². The van der Waals surface area contributed by atoms with Gasteiger partial charge in [0, 0.05) is 86.9 Å². The second-order valence-corrected chi connectivity index (χ2v) is 19.2. The maximum Gasteiger partial charge on any atom is 0.308 e. The highest BCUT2D eigenvalue weighted by molar-refractivity contribution is 5.91. The van der Waals surface area contributed by atoms with Crippen LogP contribution in [0.4, 0.5) is 0 Å². The van der Waals surface area contributed by atoms with Crippen molar-refractivity contribution in [1.82, 2.24) is 0 Å². The standard InChI is InChI=1S/C55H64O30/c1-21-42(74-25(5)58)47(76-27(7)60)51(80-31(11)64)54(71-21)84-43-22(2)70-53(50(79-30(10)63)48(43)77-28(8)61)69-20-39-45(75-26(6)59)49(78-29(9)62)52(81-32(12)65)55(83-39)85-46-41(66)40-37(73-24(4)57)18-34(67-13)19-38(40)82-44(46)33-15-16-35(72-23(3)56)36(17-33)68-14/h15-19,21-22,39,42-43,45,47-55H,20H2,1-14H3/t21-,22-,39+,42-,43-,45-,47+,48+,49-,50+,51+,52+,53+,54-,55-/m0/s1. The van der Waals surface area contributed by atoms with Crippen LogP contribution in [0.25, 0.3) is 22.3 Å². The van der Waals surface area contributed by atoms with Gasteiger partial charge in [0.15, 0.2) is 72.6 Å². The summed E-state index contributed by atoms with van der Waals surface area (Å²) in [6.07, 6.45) is -25.1. The van der Waals surface area contributed by atoms with Crippen molar-refractivity contribution in [2.24, 2.45) is 0 Å². The minimum absolute atomic E-state index is 0.000717. The van der Waals surface area contributed by atoms with E-state index < -0.39 is 181 Å². The molecule has 3 saturated heterocycles. The van der Waals surface area contributed by atoms with Crippen molar-refractivity contribution in [3.8, 4) is 40.1 Å². The molecular weight excluding hydrogens is 1140 g/mol. The van der Waals surface area contributed by atoms with E-state index in [2.05, 4.69) is 0 Å². The molecule has 4 heterocycles. The fraction of sp³-hybridized carbons (Fsp3) is 0.545. The van der Waals surface area contributed by atoms with Gasteiger partial charge in [0.05, 0.1) is 33.0 Å². The Bertz CT molecular complexity index is 3090. The molecule has 6 rings (SSSR count). The van der Waals surface area contributed by atoms with Gasteiger partial charge in [0.1, 0.15) is 34.7 Å². The maximum absolute atomic E-state index is 15.2. The van der Waals surface area contributed by atoms with Gasteiger partial charge in [0.2, 0.25) is 23.6 Å². The minimum Gasteiger partial charge on any atom is -0.496 e. The molecule has 0 saturated carbocycles. The molecule has 0 amide bonds. The molecule has 0 spiro atoms. The van der Waals surface area contributed by atoms with Gasteiger partial charge in [-0.1, -0.05) is 0 Å². The first-order chi connectivity index (χ1) is 40.0. The summed E-state index contributed by atoms with van der Waals surface area (Å²) in [7, 11) is 2.55. The second kappa shape index (κ2) is 28.4. The molecule has 2 aromatic carbocycles. The van der Waals surface area contributed by atoms with Crippen LogP contribution in [-0.4, -0.2) is 173 Å². The van der Waals surface area contributed by atoms with Crippen molar-refractivity contribution >= 4 is 70.7 Å². The molecule has 15 atom stereocenters. The van der Waals surface area contributed by atoms with E-state index in [1.165, 1.54) is 58.4 Å². The number of carbonyl (C=O) groups is 10. The summed E-state index contributed by atoms with van der Waals surface area (Å²) in [6.45, 7) is 12.3. The first kappa shape index (κ1) is 65.7. The number of methoxy groups -OCH3 is 2. The summed E-state index contributed by atoms with van der Waals surface area (Å²) in [5.41, 5.74) is -1.30. The lowest BCUT2D eigenvalue weighted by Crippen LogP contribution is -2.66. The third-order valence-corrected chi connectivity index (χ3v) is 12.5. The van der Waals surface area contributed by atoms with E-state index in [1.807, 2.05) is 0 Å². The average molecular weight is 1210 g/mol. The van der Waals surface area contributed by atoms with E-state index in [1.54, 1.807) is 0 Å². The lowest BCUT2D eigenvalue weighted by Gasteiger charge is -2.48. The molecule has 3 aromatic rings. The van der Waals surface area contributed by atoms with Crippen molar-refractivity contribution < 1.29 is 138 Å². The summed E-state index contributed by atoms with van der Waals surface area (Å²) < 4.78 is 111. The lowest BCUT2D eigenvalue weighted by molar-refractivity contribution is -0.358. The van der Waals surface area contributed by atoms with Crippen LogP contribution in [0, 0.1) is 0 Å². The Balaban J connectivity index is 1.47. The van der Waals surface area contributed by atoms with Gasteiger partial charge in [-0.15, -0.1) is 0 Å². The Hall–Kier alpha value is -8.45.